The van der Waals surface area contributed by atoms with Gasteiger partial charge in [0.2, 0.25) is 0 Å². The smallest absolute Gasteiger partial charge is 0.338 e. The number of ether oxygens (including phenoxy) is 2. The minimum Gasteiger partial charge on any atom is -0.462 e. The molecule has 0 bridgehead atoms. The molecule has 2 N–H and O–H groups in total. The fraction of sp³-hybridized carbons (Fsp3) is 0.357. The summed E-state index contributed by atoms with van der Waals surface area (Å²) in [6, 6.07) is 4.75. The molecular weight excluding hydrogens is 306 g/mol. The molecule has 0 aliphatic carbocycles. The Labute approximate surface area is 131 Å². The number of fused-ring (bicyclic) bond motifs is 1. The quantitative estimate of drug-likeness (QED) is 0.628. The maximum Gasteiger partial charge on any atom is 0.338 e. The van der Waals surface area contributed by atoms with Gasteiger partial charge in [0.15, 0.2) is 5.13 Å². The van der Waals surface area contributed by atoms with E-state index in [0.717, 1.165) is 4.70 Å². The lowest BCUT2D eigenvalue weighted by Gasteiger charge is -2.03. The third kappa shape index (κ3) is 4.15. The number of carbonyl (C=O) groups is 2. The summed E-state index contributed by atoms with van der Waals surface area (Å²) in [5, 5.41) is 5.75. The van der Waals surface area contributed by atoms with Crippen molar-refractivity contribution in [2.45, 2.75) is 6.92 Å². The summed E-state index contributed by atoms with van der Waals surface area (Å²) in [5.74, 6) is -0.371. The molecule has 0 aliphatic heterocycles. The largest absolute Gasteiger partial charge is 0.462 e. The van der Waals surface area contributed by atoms with Gasteiger partial charge in [-0.1, -0.05) is 11.3 Å². The SMILES string of the molecule is CCOC(=O)c1ccc2nc(NC(=O)NCCOC)sc2c1. The summed E-state index contributed by atoms with van der Waals surface area (Å²) in [7, 11) is 1.56. The van der Waals surface area contributed by atoms with Crippen LogP contribution < -0.4 is 10.6 Å². The van der Waals surface area contributed by atoms with Gasteiger partial charge in [-0.25, -0.2) is 14.6 Å². The Morgan fingerprint density at radius 2 is 2.18 bits per heavy atom. The zero-order valence-corrected chi connectivity index (χ0v) is 13.2. The maximum absolute atomic E-state index is 11.7. The Morgan fingerprint density at radius 3 is 2.91 bits per heavy atom. The average Bonchev–Trinajstić information content (AvgIpc) is 2.88. The van der Waals surface area contributed by atoms with Gasteiger partial charge in [-0.2, -0.15) is 0 Å². The number of nitrogens with zero attached hydrogens (tertiary/aromatic N) is 1. The number of esters is 1. The first kappa shape index (κ1) is 16.2. The highest BCUT2D eigenvalue weighted by Crippen LogP contribution is 2.27. The standard InChI is InChI=1S/C14H17N3O4S/c1-3-21-12(18)9-4-5-10-11(8-9)22-14(16-10)17-13(19)15-6-7-20-2/h4-5,8H,3,6-7H2,1-2H3,(H2,15,16,17,19). The molecule has 0 saturated carbocycles. The molecule has 0 radical (unpaired) electrons. The number of amides is 2. The van der Waals surface area contributed by atoms with Crippen molar-refractivity contribution in [2.75, 3.05) is 32.2 Å². The van der Waals surface area contributed by atoms with Crippen LogP contribution in [-0.4, -0.2) is 43.9 Å². The summed E-state index contributed by atoms with van der Waals surface area (Å²) in [5.41, 5.74) is 1.18. The van der Waals surface area contributed by atoms with Gasteiger partial charge in [0, 0.05) is 13.7 Å². The highest BCUT2D eigenvalue weighted by molar-refractivity contribution is 7.22. The summed E-state index contributed by atoms with van der Waals surface area (Å²) >= 11 is 1.29. The Bertz CT molecular complexity index is 671. The second-order valence-electron chi connectivity index (χ2n) is 4.30. The van der Waals surface area contributed by atoms with E-state index in [1.807, 2.05) is 0 Å². The molecule has 0 spiro atoms. The summed E-state index contributed by atoms with van der Waals surface area (Å²) in [6.07, 6.45) is 0. The lowest BCUT2D eigenvalue weighted by Crippen LogP contribution is -2.31. The third-order valence-electron chi connectivity index (χ3n) is 2.71. The predicted molar refractivity (Wildman–Crippen MR) is 84.5 cm³/mol. The first-order valence-corrected chi connectivity index (χ1v) is 7.57. The molecule has 1 heterocycles. The van der Waals surface area contributed by atoms with Gasteiger partial charge in [-0.3, -0.25) is 5.32 Å². The molecule has 22 heavy (non-hydrogen) atoms. The number of nitrogens with one attached hydrogen (secondary N) is 2. The van der Waals surface area contributed by atoms with Crippen LogP contribution in [0.2, 0.25) is 0 Å². The summed E-state index contributed by atoms with van der Waals surface area (Å²) in [4.78, 5) is 27.6. The first-order valence-electron chi connectivity index (χ1n) is 6.75. The van der Waals surface area contributed by atoms with E-state index >= 15 is 0 Å². The Kier molecular flexibility index (Phi) is 5.68. The number of anilines is 1. The molecule has 0 unspecified atom stereocenters. The highest BCUT2D eigenvalue weighted by atomic mass is 32.1. The Hall–Kier alpha value is -2.19. The van der Waals surface area contributed by atoms with E-state index in [1.54, 1.807) is 32.2 Å². The normalized spacial score (nSPS) is 10.5. The second kappa shape index (κ2) is 7.71. The van der Waals surface area contributed by atoms with Crippen LogP contribution in [0.5, 0.6) is 0 Å². The van der Waals surface area contributed by atoms with Gasteiger partial charge in [0.1, 0.15) is 0 Å². The Morgan fingerprint density at radius 1 is 1.36 bits per heavy atom. The van der Waals surface area contributed by atoms with Crippen molar-refractivity contribution in [1.29, 1.82) is 0 Å². The van der Waals surface area contributed by atoms with Crippen molar-refractivity contribution in [3.05, 3.63) is 23.8 Å². The van der Waals surface area contributed by atoms with Gasteiger partial charge < -0.3 is 14.8 Å². The van der Waals surface area contributed by atoms with Crippen LogP contribution in [0, 0.1) is 0 Å². The molecule has 2 aromatic rings. The van der Waals surface area contributed by atoms with E-state index in [9.17, 15) is 9.59 Å². The molecule has 7 nitrogen and oxygen atoms in total. The third-order valence-corrected chi connectivity index (χ3v) is 3.65. The van der Waals surface area contributed by atoms with Crippen molar-refractivity contribution in [3.8, 4) is 0 Å². The van der Waals surface area contributed by atoms with Crippen molar-refractivity contribution in [1.82, 2.24) is 10.3 Å². The number of urea groups is 1. The number of methoxy groups -OCH3 is 1. The first-order chi connectivity index (χ1) is 10.6. The van der Waals surface area contributed by atoms with Crippen LogP contribution in [0.1, 0.15) is 17.3 Å². The van der Waals surface area contributed by atoms with Crippen molar-refractivity contribution in [3.63, 3.8) is 0 Å². The monoisotopic (exact) mass is 323 g/mol. The molecule has 0 fully saturated rings. The molecule has 118 valence electrons. The fourth-order valence-electron chi connectivity index (χ4n) is 1.73. The zero-order valence-electron chi connectivity index (χ0n) is 12.3. The average molecular weight is 323 g/mol. The highest BCUT2D eigenvalue weighted by Gasteiger charge is 2.11. The Balaban J connectivity index is 2.07. The van der Waals surface area contributed by atoms with Crippen LogP contribution in [0.25, 0.3) is 10.2 Å². The number of benzene rings is 1. The van der Waals surface area contributed by atoms with Crippen molar-refractivity contribution < 1.29 is 19.1 Å². The van der Waals surface area contributed by atoms with Gasteiger partial charge in [-0.05, 0) is 25.1 Å². The van der Waals surface area contributed by atoms with Gasteiger partial charge in [0.25, 0.3) is 0 Å². The summed E-state index contributed by atoms with van der Waals surface area (Å²) < 4.78 is 10.6. The lowest BCUT2D eigenvalue weighted by molar-refractivity contribution is 0.0526. The fourth-order valence-corrected chi connectivity index (χ4v) is 2.63. The van der Waals surface area contributed by atoms with Gasteiger partial charge in [-0.15, -0.1) is 0 Å². The van der Waals surface area contributed by atoms with Gasteiger partial charge >= 0.3 is 12.0 Å². The van der Waals surface area contributed by atoms with Gasteiger partial charge in [0.05, 0.1) is 29.0 Å². The van der Waals surface area contributed by atoms with Crippen LogP contribution >= 0.6 is 11.3 Å². The molecule has 0 aliphatic rings. The van der Waals surface area contributed by atoms with E-state index in [4.69, 9.17) is 9.47 Å². The molecule has 0 saturated heterocycles. The second-order valence-corrected chi connectivity index (χ2v) is 5.33. The van der Waals surface area contributed by atoms with Crippen LogP contribution in [0.4, 0.5) is 9.93 Å². The van der Waals surface area contributed by atoms with Crippen molar-refractivity contribution in [2.24, 2.45) is 0 Å². The summed E-state index contributed by atoms with van der Waals surface area (Å²) in [6.45, 7) is 2.94. The van der Waals surface area contributed by atoms with Crippen LogP contribution in [0.3, 0.4) is 0 Å². The zero-order chi connectivity index (χ0) is 15.9. The molecule has 1 aromatic carbocycles. The molecule has 1 aromatic heterocycles. The lowest BCUT2D eigenvalue weighted by atomic mass is 10.2. The van der Waals surface area contributed by atoms with Crippen LogP contribution in [0.15, 0.2) is 18.2 Å². The molecular formula is C14H17N3O4S. The van der Waals surface area contributed by atoms with Crippen LogP contribution in [-0.2, 0) is 9.47 Å². The number of thiazole rings is 1. The minimum absolute atomic E-state index is 0.327. The van der Waals surface area contributed by atoms with E-state index in [2.05, 4.69) is 15.6 Å². The number of aromatic nitrogens is 1. The van der Waals surface area contributed by atoms with E-state index in [-0.39, 0.29) is 12.0 Å². The maximum atomic E-state index is 11.7. The predicted octanol–water partition coefficient (Wildman–Crippen LogP) is 2.24. The number of carbonyl (C=O) groups excluding carboxylic acids is 2. The molecule has 2 amide bonds. The minimum atomic E-state index is -0.371. The van der Waals surface area contributed by atoms with E-state index in [0.29, 0.717) is 36.0 Å². The molecule has 0 atom stereocenters. The van der Waals surface area contributed by atoms with E-state index in [1.165, 1.54) is 11.3 Å². The molecule has 8 heteroatoms. The number of rotatable bonds is 6. The molecule has 2 rings (SSSR count). The van der Waals surface area contributed by atoms with E-state index < -0.39 is 0 Å². The topological polar surface area (TPSA) is 89.5 Å². The van der Waals surface area contributed by atoms with Crippen molar-refractivity contribution >= 4 is 38.7 Å². The number of hydrogen-bond acceptors (Lipinski definition) is 6. The number of hydrogen-bond donors (Lipinski definition) is 2.